The maximum absolute atomic E-state index is 12.7. The van der Waals surface area contributed by atoms with E-state index in [9.17, 15) is 22.8 Å². The Morgan fingerprint density at radius 1 is 1.30 bits per heavy atom. The molecule has 7 heteroatoms. The zero-order valence-electron chi connectivity index (χ0n) is 12.9. The van der Waals surface area contributed by atoms with E-state index in [1.807, 2.05) is 0 Å². The molecule has 0 aliphatic rings. The first kappa shape index (κ1) is 18.7. The summed E-state index contributed by atoms with van der Waals surface area (Å²) in [6, 6.07) is 3.11. The van der Waals surface area contributed by atoms with E-state index in [4.69, 9.17) is 4.74 Å². The van der Waals surface area contributed by atoms with Crippen molar-refractivity contribution in [3.63, 3.8) is 0 Å². The molecule has 126 valence electrons. The Morgan fingerprint density at radius 3 is 2.48 bits per heavy atom. The molecule has 1 aromatic rings. The minimum atomic E-state index is -4.51. The van der Waals surface area contributed by atoms with Crippen LogP contribution in [0.2, 0.25) is 0 Å². The summed E-state index contributed by atoms with van der Waals surface area (Å²) in [5, 5.41) is 2.60. The highest BCUT2D eigenvalue weighted by Gasteiger charge is 2.31. The van der Waals surface area contributed by atoms with Crippen molar-refractivity contribution < 1.29 is 27.5 Å². The highest BCUT2D eigenvalue weighted by atomic mass is 19.4. The van der Waals surface area contributed by atoms with E-state index in [1.54, 1.807) is 13.8 Å². The minimum Gasteiger partial charge on any atom is -0.464 e. The van der Waals surface area contributed by atoms with Gasteiger partial charge in [-0.1, -0.05) is 19.6 Å². The van der Waals surface area contributed by atoms with Crippen LogP contribution in [0.25, 0.3) is 0 Å². The molecule has 1 rings (SSSR count). The zero-order valence-corrected chi connectivity index (χ0v) is 12.9. The number of anilines is 1. The smallest absolute Gasteiger partial charge is 0.416 e. The number of rotatable bonds is 7. The van der Waals surface area contributed by atoms with Gasteiger partial charge in [-0.25, -0.2) is 4.79 Å². The van der Waals surface area contributed by atoms with E-state index in [-0.39, 0.29) is 30.1 Å². The SMILES string of the molecule is C=C(C(=O)CC)C(Nc1cccc(C(F)(F)F)c1)C(=O)OCC. The molecule has 0 amide bonds. The number of carbonyl (C=O) groups excluding carboxylic acids is 2. The molecule has 1 atom stereocenters. The van der Waals surface area contributed by atoms with E-state index in [2.05, 4.69) is 11.9 Å². The number of halogens is 3. The second-order valence-electron chi connectivity index (χ2n) is 4.71. The van der Waals surface area contributed by atoms with Crippen LogP contribution in [0, 0.1) is 0 Å². The molecule has 0 fully saturated rings. The standard InChI is InChI=1S/C16H18F3NO3/c1-4-13(21)10(3)14(15(22)23-5-2)20-12-8-6-7-11(9-12)16(17,18)19/h6-9,14,20H,3-5H2,1-2H3. The third-order valence-electron chi connectivity index (χ3n) is 3.05. The Bertz CT molecular complexity index is 596. The van der Waals surface area contributed by atoms with Gasteiger partial charge in [0.25, 0.3) is 0 Å². The first-order chi connectivity index (χ1) is 10.7. The van der Waals surface area contributed by atoms with E-state index in [0.29, 0.717) is 0 Å². The number of alkyl halides is 3. The molecule has 0 aliphatic heterocycles. The van der Waals surface area contributed by atoms with Crippen molar-refractivity contribution in [2.24, 2.45) is 0 Å². The van der Waals surface area contributed by atoms with Crippen LogP contribution in [0.5, 0.6) is 0 Å². The molecule has 0 saturated carbocycles. The minimum absolute atomic E-state index is 0.0444. The van der Waals surface area contributed by atoms with E-state index < -0.39 is 23.8 Å². The fraction of sp³-hybridized carbons (Fsp3) is 0.375. The van der Waals surface area contributed by atoms with Crippen LogP contribution >= 0.6 is 0 Å². The maximum atomic E-state index is 12.7. The molecule has 0 spiro atoms. The fourth-order valence-electron chi connectivity index (χ4n) is 1.85. The molecule has 0 aliphatic carbocycles. The number of benzene rings is 1. The predicted octanol–water partition coefficient (Wildman–Crippen LogP) is 3.58. The number of nitrogens with one attached hydrogen (secondary N) is 1. The van der Waals surface area contributed by atoms with Gasteiger partial charge in [-0.2, -0.15) is 13.2 Å². The van der Waals surface area contributed by atoms with Gasteiger partial charge in [-0.3, -0.25) is 4.79 Å². The Hall–Kier alpha value is -2.31. The van der Waals surface area contributed by atoms with Crippen LogP contribution in [-0.4, -0.2) is 24.4 Å². The van der Waals surface area contributed by atoms with Crippen molar-refractivity contribution in [2.75, 3.05) is 11.9 Å². The van der Waals surface area contributed by atoms with Crippen molar-refractivity contribution in [2.45, 2.75) is 32.5 Å². The van der Waals surface area contributed by atoms with Crippen LogP contribution in [0.1, 0.15) is 25.8 Å². The Kier molecular flexibility index (Phi) is 6.36. The third kappa shape index (κ3) is 5.12. The van der Waals surface area contributed by atoms with Gasteiger partial charge in [0.15, 0.2) is 11.8 Å². The maximum Gasteiger partial charge on any atom is 0.416 e. The highest BCUT2D eigenvalue weighted by molar-refractivity contribution is 6.02. The summed E-state index contributed by atoms with van der Waals surface area (Å²) in [6.45, 7) is 6.82. The van der Waals surface area contributed by atoms with E-state index in [1.165, 1.54) is 12.1 Å². The van der Waals surface area contributed by atoms with E-state index >= 15 is 0 Å². The summed E-state index contributed by atoms with van der Waals surface area (Å²) in [7, 11) is 0. The number of ketones is 1. The Morgan fingerprint density at radius 2 is 1.96 bits per heavy atom. The number of carbonyl (C=O) groups is 2. The molecule has 0 saturated heterocycles. The number of esters is 1. The lowest BCUT2D eigenvalue weighted by molar-refractivity contribution is -0.143. The van der Waals surface area contributed by atoms with Gasteiger partial charge >= 0.3 is 12.1 Å². The number of ether oxygens (including phenoxy) is 1. The molecule has 0 aromatic heterocycles. The fourth-order valence-corrected chi connectivity index (χ4v) is 1.85. The second-order valence-corrected chi connectivity index (χ2v) is 4.71. The van der Waals surface area contributed by atoms with Gasteiger partial charge in [0.05, 0.1) is 12.2 Å². The van der Waals surface area contributed by atoms with Crippen LogP contribution in [0.4, 0.5) is 18.9 Å². The summed E-state index contributed by atoms with van der Waals surface area (Å²) in [4.78, 5) is 23.7. The monoisotopic (exact) mass is 329 g/mol. The van der Waals surface area contributed by atoms with Crippen molar-refractivity contribution in [3.8, 4) is 0 Å². The summed E-state index contributed by atoms with van der Waals surface area (Å²) in [5.74, 6) is -1.14. The highest BCUT2D eigenvalue weighted by Crippen LogP contribution is 2.31. The molecule has 23 heavy (non-hydrogen) atoms. The van der Waals surface area contributed by atoms with Gasteiger partial charge in [0, 0.05) is 17.7 Å². The summed E-state index contributed by atoms with van der Waals surface area (Å²) >= 11 is 0. The molecule has 0 heterocycles. The van der Waals surface area contributed by atoms with Crippen LogP contribution in [0.3, 0.4) is 0 Å². The van der Waals surface area contributed by atoms with Crippen molar-refractivity contribution >= 4 is 17.4 Å². The zero-order chi connectivity index (χ0) is 17.6. The number of Topliss-reactive ketones (excluding diaryl/α,β-unsaturated/α-hetero) is 1. The average Bonchev–Trinajstić information content (AvgIpc) is 2.50. The van der Waals surface area contributed by atoms with Gasteiger partial charge in [-0.05, 0) is 25.1 Å². The number of hydrogen-bond acceptors (Lipinski definition) is 4. The molecular weight excluding hydrogens is 311 g/mol. The van der Waals surface area contributed by atoms with Gasteiger partial charge in [0.2, 0.25) is 0 Å². The molecule has 0 radical (unpaired) electrons. The Balaban J connectivity index is 3.08. The lowest BCUT2D eigenvalue weighted by Crippen LogP contribution is -2.35. The van der Waals surface area contributed by atoms with Gasteiger partial charge in [0.1, 0.15) is 0 Å². The predicted molar refractivity (Wildman–Crippen MR) is 79.9 cm³/mol. The van der Waals surface area contributed by atoms with Crippen LogP contribution in [-0.2, 0) is 20.5 Å². The molecule has 1 unspecified atom stereocenters. The lowest BCUT2D eigenvalue weighted by Gasteiger charge is -2.20. The molecule has 1 aromatic carbocycles. The number of hydrogen-bond donors (Lipinski definition) is 1. The average molecular weight is 329 g/mol. The van der Waals surface area contributed by atoms with Crippen molar-refractivity contribution in [3.05, 3.63) is 42.0 Å². The quantitative estimate of drug-likeness (QED) is 0.613. The van der Waals surface area contributed by atoms with Gasteiger partial charge in [-0.15, -0.1) is 0 Å². The normalized spacial score (nSPS) is 12.4. The first-order valence-corrected chi connectivity index (χ1v) is 7.03. The molecule has 0 bridgehead atoms. The summed E-state index contributed by atoms with van der Waals surface area (Å²) in [5.41, 5.74) is -0.871. The van der Waals surface area contributed by atoms with Crippen LogP contribution < -0.4 is 5.32 Å². The first-order valence-electron chi connectivity index (χ1n) is 7.03. The Labute approximate surface area is 132 Å². The largest absolute Gasteiger partial charge is 0.464 e. The van der Waals surface area contributed by atoms with E-state index in [0.717, 1.165) is 12.1 Å². The topological polar surface area (TPSA) is 55.4 Å². The van der Waals surface area contributed by atoms with Gasteiger partial charge < -0.3 is 10.1 Å². The lowest BCUT2D eigenvalue weighted by atomic mass is 10.0. The molecule has 4 nitrogen and oxygen atoms in total. The van der Waals surface area contributed by atoms with Crippen molar-refractivity contribution in [1.82, 2.24) is 0 Å². The third-order valence-corrected chi connectivity index (χ3v) is 3.05. The van der Waals surface area contributed by atoms with Crippen LogP contribution in [0.15, 0.2) is 36.4 Å². The molecular formula is C16H18F3NO3. The molecule has 1 N–H and O–H groups in total. The van der Waals surface area contributed by atoms with Crippen molar-refractivity contribution in [1.29, 1.82) is 0 Å². The second kappa shape index (κ2) is 7.80. The summed E-state index contributed by atoms with van der Waals surface area (Å²) in [6.07, 6.45) is -4.38. The summed E-state index contributed by atoms with van der Waals surface area (Å²) < 4.78 is 43.1.